The largest absolute Gasteiger partial charge is 0.508 e. The second-order valence-electron chi connectivity index (χ2n) is 7.17. The third-order valence-electron chi connectivity index (χ3n) is 5.70. The molecule has 0 aliphatic heterocycles. The molecule has 25 heavy (non-hydrogen) atoms. The van der Waals surface area contributed by atoms with Crippen molar-refractivity contribution in [2.45, 2.75) is 38.3 Å². The molecule has 2 N–H and O–H groups in total. The fraction of sp³-hybridized carbons (Fsp3) is 0.381. The maximum absolute atomic E-state index is 9.77. The maximum atomic E-state index is 9.77. The number of phenols is 1. The summed E-state index contributed by atoms with van der Waals surface area (Å²) in [5, 5.41) is 22.4. The summed E-state index contributed by atoms with van der Waals surface area (Å²) in [5.74, 6) is 1.71. The van der Waals surface area contributed by atoms with Gasteiger partial charge in [-0.15, -0.1) is 12.4 Å². The third-order valence-corrected chi connectivity index (χ3v) is 5.70. The molecule has 1 fully saturated rings. The van der Waals surface area contributed by atoms with Gasteiger partial charge in [0, 0.05) is 12.6 Å². The quantitative estimate of drug-likeness (QED) is 0.876. The number of hydrogen-bond donors (Lipinski definition) is 2. The van der Waals surface area contributed by atoms with E-state index in [0.29, 0.717) is 29.2 Å². The zero-order valence-corrected chi connectivity index (χ0v) is 14.9. The molecule has 2 aromatic carbocycles. The Bertz CT molecular complexity index is 781. The molecule has 3 atom stereocenters. The Kier molecular flexibility index (Phi) is 5.32. The minimum Gasteiger partial charge on any atom is -0.508 e. The highest BCUT2D eigenvalue weighted by molar-refractivity contribution is 5.85. The summed E-state index contributed by atoms with van der Waals surface area (Å²) in [4.78, 5) is 0. The zero-order chi connectivity index (χ0) is 16.5. The molecule has 0 heterocycles. The first kappa shape index (κ1) is 17.8. The highest BCUT2D eigenvalue weighted by Crippen LogP contribution is 2.40. The summed E-state index contributed by atoms with van der Waals surface area (Å²) in [6.07, 6.45) is 4.73. The molecule has 3 unspecified atom stereocenters. The van der Waals surface area contributed by atoms with Crippen LogP contribution in [0.25, 0.3) is 0 Å². The van der Waals surface area contributed by atoms with Crippen LogP contribution in [0.15, 0.2) is 42.5 Å². The fourth-order valence-electron chi connectivity index (χ4n) is 4.46. The number of rotatable bonds is 3. The molecular formula is C21H23ClN2O. The smallest absolute Gasteiger partial charge is 0.115 e. The first-order chi connectivity index (χ1) is 11.7. The van der Waals surface area contributed by atoms with Crippen molar-refractivity contribution >= 4 is 12.4 Å². The van der Waals surface area contributed by atoms with Crippen LogP contribution in [-0.4, -0.2) is 11.1 Å². The molecule has 2 aromatic rings. The molecule has 0 radical (unpaired) electrons. The highest BCUT2D eigenvalue weighted by Gasteiger charge is 2.38. The van der Waals surface area contributed by atoms with E-state index < -0.39 is 0 Å². The maximum Gasteiger partial charge on any atom is 0.115 e. The number of nitriles is 1. The number of hydrogen-bond acceptors (Lipinski definition) is 3. The van der Waals surface area contributed by atoms with Crippen molar-refractivity contribution in [1.82, 2.24) is 5.32 Å². The molecule has 4 heteroatoms. The predicted octanol–water partition coefficient (Wildman–Crippen LogP) is 3.97. The molecule has 1 saturated carbocycles. The number of halogens is 1. The van der Waals surface area contributed by atoms with Crippen LogP contribution in [0.1, 0.15) is 35.1 Å². The number of benzene rings is 2. The van der Waals surface area contributed by atoms with Gasteiger partial charge in [0.05, 0.1) is 11.6 Å². The van der Waals surface area contributed by atoms with Gasteiger partial charge in [-0.1, -0.05) is 18.2 Å². The van der Waals surface area contributed by atoms with Gasteiger partial charge in [-0.05, 0) is 78.5 Å². The second kappa shape index (κ2) is 7.47. The predicted molar refractivity (Wildman–Crippen MR) is 101 cm³/mol. The van der Waals surface area contributed by atoms with Crippen molar-refractivity contribution in [3.05, 3.63) is 64.7 Å². The van der Waals surface area contributed by atoms with Crippen molar-refractivity contribution in [3.8, 4) is 11.8 Å². The lowest BCUT2D eigenvalue weighted by Crippen LogP contribution is -2.37. The molecule has 0 spiro atoms. The Hall–Kier alpha value is -2.02. The number of nitrogens with zero attached hydrogens (tertiary/aromatic N) is 1. The molecule has 2 aliphatic carbocycles. The van der Waals surface area contributed by atoms with Gasteiger partial charge in [-0.25, -0.2) is 0 Å². The molecular weight excluding hydrogens is 332 g/mol. The minimum atomic E-state index is 0. The van der Waals surface area contributed by atoms with Crippen LogP contribution in [0.5, 0.6) is 5.75 Å². The van der Waals surface area contributed by atoms with Crippen LogP contribution < -0.4 is 5.32 Å². The molecule has 130 valence electrons. The lowest BCUT2D eigenvalue weighted by molar-refractivity contribution is 0.340. The van der Waals surface area contributed by atoms with E-state index in [0.717, 1.165) is 19.4 Å². The average Bonchev–Trinajstić information content (AvgIpc) is 2.88. The van der Waals surface area contributed by atoms with Crippen molar-refractivity contribution < 1.29 is 5.11 Å². The summed E-state index contributed by atoms with van der Waals surface area (Å²) in [7, 11) is 0. The Morgan fingerprint density at radius 1 is 1.00 bits per heavy atom. The SMILES string of the molecule is Cl.N#Cc1ccc(CNC2C3CCC2Cc2cc(O)ccc2C3)cc1. The molecule has 0 aromatic heterocycles. The zero-order valence-electron chi connectivity index (χ0n) is 14.1. The Labute approximate surface area is 155 Å². The van der Waals surface area contributed by atoms with E-state index in [4.69, 9.17) is 5.26 Å². The van der Waals surface area contributed by atoms with Gasteiger partial charge < -0.3 is 10.4 Å². The number of aromatic hydroxyl groups is 1. The first-order valence-corrected chi connectivity index (χ1v) is 8.76. The van der Waals surface area contributed by atoms with Crippen LogP contribution >= 0.6 is 12.4 Å². The first-order valence-electron chi connectivity index (χ1n) is 8.76. The van der Waals surface area contributed by atoms with E-state index in [9.17, 15) is 5.11 Å². The third kappa shape index (κ3) is 3.66. The van der Waals surface area contributed by atoms with Crippen LogP contribution in [-0.2, 0) is 19.4 Å². The number of fused-ring (bicyclic) bond motifs is 3. The van der Waals surface area contributed by atoms with Crippen molar-refractivity contribution in [1.29, 1.82) is 5.26 Å². The van der Waals surface area contributed by atoms with Gasteiger partial charge in [-0.2, -0.15) is 5.26 Å². The minimum absolute atomic E-state index is 0. The lowest BCUT2D eigenvalue weighted by Gasteiger charge is -2.24. The molecule has 0 amide bonds. The summed E-state index contributed by atoms with van der Waals surface area (Å²) < 4.78 is 0. The Balaban J connectivity index is 0.00000182. The van der Waals surface area contributed by atoms with Crippen LogP contribution in [0, 0.1) is 23.2 Å². The summed E-state index contributed by atoms with van der Waals surface area (Å²) >= 11 is 0. The highest BCUT2D eigenvalue weighted by atomic mass is 35.5. The topological polar surface area (TPSA) is 56.0 Å². The van der Waals surface area contributed by atoms with Crippen molar-refractivity contribution in [2.24, 2.45) is 11.8 Å². The standard InChI is InChI=1S/C21H22N2O.ClH/c22-12-14-1-3-15(4-2-14)13-23-21-17-5-6-18(21)10-19-11-20(24)8-7-16(19)9-17;/h1-4,7-8,11,17-18,21,23-24H,5-6,9-10,13H2;1H. The van der Waals surface area contributed by atoms with E-state index in [2.05, 4.69) is 17.5 Å². The molecule has 2 bridgehead atoms. The normalized spacial score (nSPS) is 23.9. The summed E-state index contributed by atoms with van der Waals surface area (Å²) in [5.41, 5.74) is 4.67. The van der Waals surface area contributed by atoms with Gasteiger partial charge in [0.2, 0.25) is 0 Å². The molecule has 4 rings (SSSR count). The van der Waals surface area contributed by atoms with E-state index in [1.54, 1.807) is 0 Å². The molecule has 0 saturated heterocycles. The average molecular weight is 355 g/mol. The Morgan fingerprint density at radius 2 is 1.68 bits per heavy atom. The Morgan fingerprint density at radius 3 is 2.36 bits per heavy atom. The van der Waals surface area contributed by atoms with Gasteiger partial charge in [-0.3, -0.25) is 0 Å². The molecule has 3 nitrogen and oxygen atoms in total. The van der Waals surface area contributed by atoms with E-state index >= 15 is 0 Å². The second-order valence-corrected chi connectivity index (χ2v) is 7.17. The lowest BCUT2D eigenvalue weighted by atomic mass is 9.93. The number of nitrogens with one attached hydrogen (secondary N) is 1. The van der Waals surface area contributed by atoms with Gasteiger partial charge in [0.1, 0.15) is 5.75 Å². The summed E-state index contributed by atoms with van der Waals surface area (Å²) in [6, 6.07) is 16.4. The van der Waals surface area contributed by atoms with Crippen LogP contribution in [0.3, 0.4) is 0 Å². The van der Waals surface area contributed by atoms with Gasteiger partial charge >= 0.3 is 0 Å². The van der Waals surface area contributed by atoms with E-state index in [1.165, 1.54) is 29.5 Å². The number of phenolic OH excluding ortho intramolecular Hbond substituents is 1. The van der Waals surface area contributed by atoms with Crippen LogP contribution in [0.2, 0.25) is 0 Å². The van der Waals surface area contributed by atoms with Gasteiger partial charge in [0.25, 0.3) is 0 Å². The van der Waals surface area contributed by atoms with Gasteiger partial charge in [0.15, 0.2) is 0 Å². The van der Waals surface area contributed by atoms with Crippen LogP contribution in [0.4, 0.5) is 0 Å². The van der Waals surface area contributed by atoms with E-state index in [-0.39, 0.29) is 12.4 Å². The summed E-state index contributed by atoms with van der Waals surface area (Å²) in [6.45, 7) is 0.852. The monoisotopic (exact) mass is 354 g/mol. The van der Waals surface area contributed by atoms with Crippen molar-refractivity contribution in [3.63, 3.8) is 0 Å². The fourth-order valence-corrected chi connectivity index (χ4v) is 4.46. The van der Waals surface area contributed by atoms with Crippen molar-refractivity contribution in [2.75, 3.05) is 0 Å². The van der Waals surface area contributed by atoms with E-state index in [1.807, 2.05) is 36.4 Å². The molecule has 2 aliphatic rings.